The van der Waals surface area contributed by atoms with Crippen molar-refractivity contribution in [1.29, 1.82) is 0 Å². The molecule has 3 nitrogen and oxygen atoms in total. The Hall–Kier alpha value is -1.26. The third kappa shape index (κ3) is 3.19. The van der Waals surface area contributed by atoms with E-state index in [1.807, 2.05) is 20.2 Å². The average Bonchev–Trinajstić information content (AvgIpc) is 2.82. The molecule has 0 radical (unpaired) electrons. The molecule has 1 aromatic carbocycles. The van der Waals surface area contributed by atoms with Gasteiger partial charge in [-0.2, -0.15) is 0 Å². The van der Waals surface area contributed by atoms with Gasteiger partial charge < -0.3 is 14.6 Å². The molecular formula is C15H19BrN2O. The summed E-state index contributed by atoms with van der Waals surface area (Å²) in [6.07, 6.45) is 1.71. The lowest BCUT2D eigenvalue weighted by atomic mass is 10.0. The Morgan fingerprint density at radius 3 is 2.68 bits per heavy atom. The minimum absolute atomic E-state index is 0.0641. The molecule has 2 aromatic rings. The molecule has 0 fully saturated rings. The van der Waals surface area contributed by atoms with Crippen molar-refractivity contribution in [2.45, 2.75) is 13.0 Å². The van der Waals surface area contributed by atoms with Gasteiger partial charge in [0, 0.05) is 19.8 Å². The van der Waals surface area contributed by atoms with Crippen LogP contribution >= 0.6 is 15.9 Å². The number of rotatable bonds is 5. The molecule has 0 aliphatic heterocycles. The highest BCUT2D eigenvalue weighted by Gasteiger charge is 2.19. The van der Waals surface area contributed by atoms with Crippen LogP contribution < -0.4 is 10.2 Å². The summed E-state index contributed by atoms with van der Waals surface area (Å²) in [6.45, 7) is 2.98. The number of benzene rings is 1. The Labute approximate surface area is 122 Å². The molecule has 102 valence electrons. The first-order valence-electron chi connectivity index (χ1n) is 6.37. The largest absolute Gasteiger partial charge is 0.466 e. The van der Waals surface area contributed by atoms with Crippen LogP contribution in [0.15, 0.2) is 45.5 Å². The lowest BCUT2D eigenvalue weighted by Gasteiger charge is -2.19. The number of halogens is 1. The highest BCUT2D eigenvalue weighted by atomic mass is 79.9. The van der Waals surface area contributed by atoms with Crippen molar-refractivity contribution in [2.75, 3.05) is 25.5 Å². The fraction of sp³-hybridized carbons (Fsp3) is 0.333. The van der Waals surface area contributed by atoms with Gasteiger partial charge in [-0.1, -0.05) is 19.1 Å². The molecule has 0 amide bonds. The SMILES string of the molecule is CCNC(c1cccc(N(C)C)c1)c1occc1Br. The minimum atomic E-state index is 0.0641. The molecule has 0 saturated carbocycles. The molecule has 0 aliphatic rings. The van der Waals surface area contributed by atoms with Crippen LogP contribution in [-0.4, -0.2) is 20.6 Å². The highest BCUT2D eigenvalue weighted by Crippen LogP contribution is 2.30. The van der Waals surface area contributed by atoms with Gasteiger partial charge in [-0.25, -0.2) is 0 Å². The Morgan fingerprint density at radius 1 is 1.32 bits per heavy atom. The molecule has 1 atom stereocenters. The van der Waals surface area contributed by atoms with E-state index in [0.717, 1.165) is 16.8 Å². The third-order valence-electron chi connectivity index (χ3n) is 3.04. The number of nitrogens with zero attached hydrogens (tertiary/aromatic N) is 1. The summed E-state index contributed by atoms with van der Waals surface area (Å²) < 4.78 is 6.60. The van der Waals surface area contributed by atoms with Crippen LogP contribution in [0.25, 0.3) is 0 Å². The van der Waals surface area contributed by atoms with E-state index in [1.54, 1.807) is 6.26 Å². The van der Waals surface area contributed by atoms with Crippen molar-refractivity contribution in [1.82, 2.24) is 5.32 Å². The lowest BCUT2D eigenvalue weighted by Crippen LogP contribution is -2.22. The molecule has 1 heterocycles. The summed E-state index contributed by atoms with van der Waals surface area (Å²) in [5.74, 6) is 0.915. The van der Waals surface area contributed by atoms with E-state index in [0.29, 0.717) is 0 Å². The first-order valence-corrected chi connectivity index (χ1v) is 7.16. The van der Waals surface area contributed by atoms with Crippen molar-refractivity contribution >= 4 is 21.6 Å². The molecule has 19 heavy (non-hydrogen) atoms. The van der Waals surface area contributed by atoms with Gasteiger partial charge in [0.1, 0.15) is 5.76 Å². The maximum atomic E-state index is 5.61. The molecule has 1 unspecified atom stereocenters. The second-order valence-electron chi connectivity index (χ2n) is 4.61. The molecule has 2 rings (SSSR count). The van der Waals surface area contributed by atoms with E-state index in [-0.39, 0.29) is 6.04 Å². The minimum Gasteiger partial charge on any atom is -0.466 e. The normalized spacial score (nSPS) is 12.4. The molecule has 0 bridgehead atoms. The Kier molecular flexibility index (Phi) is 4.66. The van der Waals surface area contributed by atoms with Crippen LogP contribution in [0.2, 0.25) is 0 Å². The van der Waals surface area contributed by atoms with Gasteiger partial charge in [-0.15, -0.1) is 0 Å². The van der Waals surface area contributed by atoms with Crippen LogP contribution in [0, 0.1) is 0 Å². The number of anilines is 1. The van der Waals surface area contributed by atoms with E-state index in [4.69, 9.17) is 4.42 Å². The second kappa shape index (κ2) is 6.26. The molecule has 1 N–H and O–H groups in total. The summed E-state index contributed by atoms with van der Waals surface area (Å²) in [7, 11) is 4.09. The Balaban J connectivity index is 2.39. The van der Waals surface area contributed by atoms with Gasteiger partial charge >= 0.3 is 0 Å². The average molecular weight is 323 g/mol. The number of furan rings is 1. The first-order chi connectivity index (χ1) is 9.13. The first kappa shape index (κ1) is 14.2. The second-order valence-corrected chi connectivity index (χ2v) is 5.47. The smallest absolute Gasteiger partial charge is 0.139 e. The topological polar surface area (TPSA) is 28.4 Å². The van der Waals surface area contributed by atoms with Crippen LogP contribution in [0.1, 0.15) is 24.3 Å². The van der Waals surface area contributed by atoms with Crippen molar-refractivity contribution in [3.8, 4) is 0 Å². The fourth-order valence-electron chi connectivity index (χ4n) is 2.06. The monoisotopic (exact) mass is 322 g/mol. The van der Waals surface area contributed by atoms with Crippen LogP contribution in [-0.2, 0) is 0 Å². The van der Waals surface area contributed by atoms with E-state index in [9.17, 15) is 0 Å². The standard InChI is InChI=1S/C15H19BrN2O/c1-4-17-14(15-13(16)8-9-19-15)11-6-5-7-12(10-11)18(2)3/h5-10,14,17H,4H2,1-3H3. The fourth-order valence-corrected chi connectivity index (χ4v) is 2.49. The van der Waals surface area contributed by atoms with Gasteiger partial charge in [0.15, 0.2) is 0 Å². The van der Waals surface area contributed by atoms with E-state index in [2.05, 4.69) is 57.3 Å². The zero-order chi connectivity index (χ0) is 13.8. The van der Waals surface area contributed by atoms with E-state index >= 15 is 0 Å². The maximum absolute atomic E-state index is 5.61. The molecule has 0 spiro atoms. The summed E-state index contributed by atoms with van der Waals surface area (Å²) >= 11 is 3.54. The van der Waals surface area contributed by atoms with Crippen molar-refractivity contribution in [3.05, 3.63) is 52.4 Å². The summed E-state index contributed by atoms with van der Waals surface area (Å²) in [6, 6.07) is 10.5. The quantitative estimate of drug-likeness (QED) is 0.907. The number of hydrogen-bond acceptors (Lipinski definition) is 3. The summed E-state index contributed by atoms with van der Waals surface area (Å²) in [5, 5.41) is 3.47. The lowest BCUT2D eigenvalue weighted by molar-refractivity contribution is 0.450. The molecular weight excluding hydrogens is 304 g/mol. The van der Waals surface area contributed by atoms with Crippen molar-refractivity contribution < 1.29 is 4.42 Å². The Morgan fingerprint density at radius 2 is 2.11 bits per heavy atom. The van der Waals surface area contributed by atoms with Gasteiger partial charge in [-0.3, -0.25) is 0 Å². The molecule has 0 saturated heterocycles. The number of nitrogens with one attached hydrogen (secondary N) is 1. The predicted octanol–water partition coefficient (Wildman–Crippen LogP) is 3.81. The van der Waals surface area contributed by atoms with Gasteiger partial charge in [0.25, 0.3) is 0 Å². The summed E-state index contributed by atoms with van der Waals surface area (Å²) in [5.41, 5.74) is 2.38. The van der Waals surface area contributed by atoms with Gasteiger partial charge in [0.05, 0.1) is 16.8 Å². The zero-order valence-corrected chi connectivity index (χ0v) is 13.1. The maximum Gasteiger partial charge on any atom is 0.139 e. The van der Waals surface area contributed by atoms with Crippen LogP contribution in [0.3, 0.4) is 0 Å². The molecule has 0 aliphatic carbocycles. The van der Waals surface area contributed by atoms with Gasteiger partial charge in [-0.05, 0) is 46.2 Å². The van der Waals surface area contributed by atoms with Crippen molar-refractivity contribution in [2.24, 2.45) is 0 Å². The van der Waals surface area contributed by atoms with Gasteiger partial charge in [0.2, 0.25) is 0 Å². The Bertz CT molecular complexity index is 536. The number of hydrogen-bond donors (Lipinski definition) is 1. The molecule has 1 aromatic heterocycles. The van der Waals surface area contributed by atoms with Crippen LogP contribution in [0.4, 0.5) is 5.69 Å². The highest BCUT2D eigenvalue weighted by molar-refractivity contribution is 9.10. The summed E-state index contributed by atoms with van der Waals surface area (Å²) in [4.78, 5) is 2.10. The van der Waals surface area contributed by atoms with Crippen molar-refractivity contribution in [3.63, 3.8) is 0 Å². The van der Waals surface area contributed by atoms with E-state index < -0.39 is 0 Å². The third-order valence-corrected chi connectivity index (χ3v) is 3.69. The predicted molar refractivity (Wildman–Crippen MR) is 82.7 cm³/mol. The van der Waals surface area contributed by atoms with Crippen LogP contribution in [0.5, 0.6) is 0 Å². The van der Waals surface area contributed by atoms with E-state index in [1.165, 1.54) is 11.3 Å². The molecule has 4 heteroatoms. The zero-order valence-electron chi connectivity index (χ0n) is 11.5.